The highest BCUT2D eigenvalue weighted by atomic mass is 16.4. The topological polar surface area (TPSA) is 116 Å². The molecule has 0 aromatic heterocycles. The smallest absolute Gasteiger partial charge is 0.317 e. The van der Waals surface area contributed by atoms with Crippen LogP contribution in [0.4, 0.5) is 0 Å². The molecule has 1 unspecified atom stereocenters. The third-order valence-corrected chi connectivity index (χ3v) is 5.29. The maximum atomic E-state index is 13.0. The molecule has 146 valence electrons. The molecule has 2 amide bonds. The fraction of sp³-hybridized carbons (Fsp3) is 0.778. The summed E-state index contributed by atoms with van der Waals surface area (Å²) in [5.74, 6) is -1.13. The molecule has 0 radical (unpaired) electrons. The Hall–Kier alpha value is -1.96. The van der Waals surface area contributed by atoms with Gasteiger partial charge in [-0.1, -0.05) is 32.1 Å². The zero-order valence-electron chi connectivity index (χ0n) is 15.1. The minimum Gasteiger partial charge on any atom is -0.480 e. The Morgan fingerprint density at radius 2 is 1.85 bits per heavy atom. The zero-order chi connectivity index (χ0) is 18.9. The molecule has 0 aromatic carbocycles. The maximum Gasteiger partial charge on any atom is 0.317 e. The zero-order valence-corrected chi connectivity index (χ0v) is 15.1. The van der Waals surface area contributed by atoms with Crippen LogP contribution in [0.15, 0.2) is 0 Å². The van der Waals surface area contributed by atoms with Crippen molar-refractivity contribution >= 4 is 24.1 Å². The van der Waals surface area contributed by atoms with E-state index in [0.29, 0.717) is 31.6 Å². The van der Waals surface area contributed by atoms with Gasteiger partial charge in [0.2, 0.25) is 11.8 Å². The van der Waals surface area contributed by atoms with Gasteiger partial charge < -0.3 is 20.1 Å². The number of aliphatic carboxylic acids is 1. The number of carboxylic acid groups (broad SMARTS) is 1. The van der Waals surface area contributed by atoms with E-state index in [9.17, 15) is 19.2 Å². The van der Waals surface area contributed by atoms with Crippen molar-refractivity contribution in [1.82, 2.24) is 15.5 Å². The second kappa shape index (κ2) is 10.3. The van der Waals surface area contributed by atoms with Crippen LogP contribution in [0.1, 0.15) is 51.4 Å². The number of amides is 2. The van der Waals surface area contributed by atoms with Crippen LogP contribution >= 0.6 is 0 Å². The number of nitrogens with zero attached hydrogens (tertiary/aromatic N) is 1. The first kappa shape index (κ1) is 20.4. The van der Waals surface area contributed by atoms with Crippen LogP contribution in [-0.4, -0.2) is 65.8 Å². The average molecular weight is 367 g/mol. The van der Waals surface area contributed by atoms with Crippen LogP contribution < -0.4 is 10.6 Å². The van der Waals surface area contributed by atoms with Crippen LogP contribution in [-0.2, 0) is 19.2 Å². The van der Waals surface area contributed by atoms with Gasteiger partial charge in [0, 0.05) is 6.54 Å². The highest BCUT2D eigenvalue weighted by molar-refractivity contribution is 5.91. The number of rotatable bonds is 9. The van der Waals surface area contributed by atoms with Crippen molar-refractivity contribution in [2.24, 2.45) is 5.92 Å². The summed E-state index contributed by atoms with van der Waals surface area (Å²) in [4.78, 5) is 48.2. The average Bonchev–Trinajstić information content (AvgIpc) is 3.13. The first-order valence-corrected chi connectivity index (χ1v) is 9.50. The molecule has 0 bridgehead atoms. The minimum atomic E-state index is -1.01. The number of hydrogen-bond donors (Lipinski definition) is 3. The number of aldehydes is 1. The van der Waals surface area contributed by atoms with Gasteiger partial charge in [-0.2, -0.15) is 0 Å². The van der Waals surface area contributed by atoms with E-state index in [1.807, 2.05) is 0 Å². The number of nitrogens with one attached hydrogen (secondary N) is 2. The van der Waals surface area contributed by atoms with E-state index >= 15 is 0 Å². The Balaban J connectivity index is 2.03. The largest absolute Gasteiger partial charge is 0.480 e. The van der Waals surface area contributed by atoms with E-state index < -0.39 is 18.1 Å². The van der Waals surface area contributed by atoms with Crippen LogP contribution in [0.5, 0.6) is 0 Å². The first-order valence-electron chi connectivity index (χ1n) is 9.50. The lowest BCUT2D eigenvalue weighted by atomic mass is 9.84. The lowest BCUT2D eigenvalue weighted by molar-refractivity contribution is -0.141. The fourth-order valence-corrected chi connectivity index (χ4v) is 4.00. The van der Waals surface area contributed by atoms with Crippen LogP contribution in [0.3, 0.4) is 0 Å². The summed E-state index contributed by atoms with van der Waals surface area (Å²) in [7, 11) is 0. The lowest BCUT2D eigenvalue weighted by Crippen LogP contribution is -2.53. The summed E-state index contributed by atoms with van der Waals surface area (Å²) in [5, 5.41) is 14.3. The van der Waals surface area contributed by atoms with E-state index in [1.54, 1.807) is 4.90 Å². The van der Waals surface area contributed by atoms with Crippen molar-refractivity contribution < 1.29 is 24.3 Å². The van der Waals surface area contributed by atoms with E-state index in [2.05, 4.69) is 10.6 Å². The third-order valence-electron chi connectivity index (χ3n) is 5.29. The summed E-state index contributed by atoms with van der Waals surface area (Å²) >= 11 is 0. The van der Waals surface area contributed by atoms with E-state index in [4.69, 9.17) is 5.11 Å². The molecule has 8 heteroatoms. The van der Waals surface area contributed by atoms with E-state index in [-0.39, 0.29) is 24.9 Å². The lowest BCUT2D eigenvalue weighted by Gasteiger charge is -2.31. The fourth-order valence-electron chi connectivity index (χ4n) is 4.00. The highest BCUT2D eigenvalue weighted by Crippen LogP contribution is 2.28. The van der Waals surface area contributed by atoms with E-state index in [1.165, 1.54) is 6.42 Å². The Bertz CT molecular complexity index is 519. The predicted octanol–water partition coefficient (Wildman–Crippen LogP) is 0.306. The Morgan fingerprint density at radius 1 is 1.12 bits per heavy atom. The third kappa shape index (κ3) is 5.79. The Kier molecular flexibility index (Phi) is 8.03. The molecule has 8 nitrogen and oxygen atoms in total. The number of carbonyl (C=O) groups is 4. The minimum absolute atomic E-state index is 0.0693. The van der Waals surface area contributed by atoms with Crippen molar-refractivity contribution in [3.05, 3.63) is 0 Å². The molecule has 1 saturated heterocycles. The van der Waals surface area contributed by atoms with Gasteiger partial charge in [-0.25, -0.2) is 0 Å². The van der Waals surface area contributed by atoms with Gasteiger partial charge >= 0.3 is 5.97 Å². The molecular formula is C18H29N3O5. The number of likely N-dealkylation sites (tertiary alicyclic amines) is 1. The van der Waals surface area contributed by atoms with Gasteiger partial charge in [-0.05, 0) is 25.2 Å². The van der Waals surface area contributed by atoms with Gasteiger partial charge in [-0.3, -0.25) is 19.7 Å². The van der Waals surface area contributed by atoms with Gasteiger partial charge in [0.15, 0.2) is 0 Å². The number of carboxylic acids is 1. The molecule has 2 atom stereocenters. The standard InChI is InChI=1S/C18H29N3O5/c22-10-8-19-17(25)15-7-4-9-21(15)18(26)14(20-12-16(23)24)11-13-5-2-1-3-6-13/h10,13-15,20H,1-9,11-12H2,(H,19,25)(H,23,24)/t14?,15-/m0/s1. The first-order chi connectivity index (χ1) is 12.5. The number of hydrogen-bond acceptors (Lipinski definition) is 5. The SMILES string of the molecule is O=CCNC(=O)[C@@H]1CCCN1C(=O)C(CC1CCCCC1)NCC(=O)O. The van der Waals surface area contributed by atoms with Crippen molar-refractivity contribution in [3.63, 3.8) is 0 Å². The van der Waals surface area contributed by atoms with Crippen molar-refractivity contribution in [1.29, 1.82) is 0 Å². The van der Waals surface area contributed by atoms with Gasteiger partial charge in [0.05, 0.1) is 19.1 Å². The summed E-state index contributed by atoms with van der Waals surface area (Å²) in [6, 6.07) is -1.17. The second-order valence-corrected chi connectivity index (χ2v) is 7.17. The normalized spacial score (nSPS) is 22.0. The van der Waals surface area contributed by atoms with Crippen molar-refractivity contribution in [2.75, 3.05) is 19.6 Å². The summed E-state index contributed by atoms with van der Waals surface area (Å²) in [5.41, 5.74) is 0. The van der Waals surface area contributed by atoms with Crippen LogP contribution in [0.25, 0.3) is 0 Å². The van der Waals surface area contributed by atoms with Crippen LogP contribution in [0.2, 0.25) is 0 Å². The summed E-state index contributed by atoms with van der Waals surface area (Å²) < 4.78 is 0. The molecular weight excluding hydrogens is 338 g/mol. The Labute approximate surface area is 153 Å². The molecule has 2 rings (SSSR count). The summed E-state index contributed by atoms with van der Waals surface area (Å²) in [6.07, 6.45) is 8.11. The molecule has 0 aromatic rings. The summed E-state index contributed by atoms with van der Waals surface area (Å²) in [6.45, 7) is 0.132. The van der Waals surface area contributed by atoms with Gasteiger partial charge in [0.25, 0.3) is 0 Å². The molecule has 3 N–H and O–H groups in total. The Morgan fingerprint density at radius 3 is 2.50 bits per heavy atom. The predicted molar refractivity (Wildman–Crippen MR) is 94.4 cm³/mol. The molecule has 1 aliphatic heterocycles. The molecule has 1 aliphatic carbocycles. The molecule has 1 saturated carbocycles. The van der Waals surface area contributed by atoms with Crippen LogP contribution in [0, 0.1) is 5.92 Å². The quantitative estimate of drug-likeness (QED) is 0.505. The highest BCUT2D eigenvalue weighted by Gasteiger charge is 2.37. The van der Waals surface area contributed by atoms with Crippen molar-refractivity contribution in [3.8, 4) is 0 Å². The molecule has 1 heterocycles. The number of carbonyl (C=O) groups excluding carboxylic acids is 3. The molecule has 0 spiro atoms. The van der Waals surface area contributed by atoms with Crippen molar-refractivity contribution in [2.45, 2.75) is 63.5 Å². The molecule has 26 heavy (non-hydrogen) atoms. The van der Waals surface area contributed by atoms with Gasteiger partial charge in [0.1, 0.15) is 12.3 Å². The maximum absolute atomic E-state index is 13.0. The van der Waals surface area contributed by atoms with Gasteiger partial charge in [-0.15, -0.1) is 0 Å². The monoisotopic (exact) mass is 367 g/mol. The molecule has 2 aliphatic rings. The second-order valence-electron chi connectivity index (χ2n) is 7.17. The van der Waals surface area contributed by atoms with E-state index in [0.717, 1.165) is 32.1 Å². The molecule has 2 fully saturated rings.